The van der Waals surface area contributed by atoms with Crippen LogP contribution < -0.4 is 0 Å². The second-order valence-electron chi connectivity index (χ2n) is 6.59. The van der Waals surface area contributed by atoms with Crippen molar-refractivity contribution < 1.29 is 24.3 Å². The largest absolute Gasteiger partial charge is 0.480 e. The molecule has 2 heterocycles. The summed E-state index contributed by atoms with van der Waals surface area (Å²) in [5.41, 5.74) is 1.19. The molecule has 136 valence electrons. The van der Waals surface area contributed by atoms with E-state index in [1.54, 1.807) is 54.6 Å². The molecule has 2 aromatic rings. The molecule has 0 bridgehead atoms. The smallest absolute Gasteiger partial charge is 0.326 e. The number of imide groups is 1. The van der Waals surface area contributed by atoms with Crippen molar-refractivity contribution >= 4 is 23.7 Å². The van der Waals surface area contributed by atoms with Crippen molar-refractivity contribution in [2.75, 3.05) is 0 Å². The summed E-state index contributed by atoms with van der Waals surface area (Å²) in [5.74, 6) is -2.76. The van der Waals surface area contributed by atoms with Crippen LogP contribution in [-0.4, -0.2) is 50.7 Å². The number of carbonyl (C=O) groups excluding carboxylic acids is 3. The molecule has 4 rings (SSSR count). The third kappa shape index (κ3) is 2.35. The minimum Gasteiger partial charge on any atom is -0.480 e. The molecule has 0 aromatic heterocycles. The van der Waals surface area contributed by atoms with E-state index in [1.807, 2.05) is 0 Å². The quantitative estimate of drug-likeness (QED) is 0.658. The normalized spacial score (nSPS) is 22.5. The van der Waals surface area contributed by atoms with Gasteiger partial charge in [0.1, 0.15) is 12.1 Å². The Labute approximate surface area is 154 Å². The van der Waals surface area contributed by atoms with Crippen LogP contribution in [0.25, 0.3) is 0 Å². The van der Waals surface area contributed by atoms with E-state index in [2.05, 4.69) is 0 Å². The lowest BCUT2D eigenvalue weighted by Crippen LogP contribution is -2.69. The molecule has 0 radical (unpaired) electrons. The second kappa shape index (κ2) is 6.05. The molecule has 27 heavy (non-hydrogen) atoms. The molecular weight excluding hydrogens is 348 g/mol. The van der Waals surface area contributed by atoms with Crippen LogP contribution in [0.2, 0.25) is 0 Å². The maximum atomic E-state index is 12.8. The molecule has 7 heteroatoms. The molecule has 7 nitrogen and oxygen atoms in total. The van der Waals surface area contributed by atoms with Gasteiger partial charge >= 0.3 is 5.97 Å². The Hall–Kier alpha value is -3.48. The highest BCUT2D eigenvalue weighted by Crippen LogP contribution is 2.42. The highest BCUT2D eigenvalue weighted by atomic mass is 16.4. The molecule has 0 spiro atoms. The number of amides is 3. The summed E-state index contributed by atoms with van der Waals surface area (Å²) in [6.45, 7) is 1.41. The zero-order valence-corrected chi connectivity index (χ0v) is 14.4. The minimum atomic E-state index is -1.15. The van der Waals surface area contributed by atoms with E-state index in [-0.39, 0.29) is 11.1 Å². The van der Waals surface area contributed by atoms with Gasteiger partial charge < -0.3 is 10.0 Å². The summed E-state index contributed by atoms with van der Waals surface area (Å²) in [6.07, 6.45) is 0. The van der Waals surface area contributed by atoms with E-state index in [4.69, 9.17) is 0 Å². The average molecular weight is 364 g/mol. The van der Waals surface area contributed by atoms with Crippen molar-refractivity contribution in [2.45, 2.75) is 25.0 Å². The highest BCUT2D eigenvalue weighted by Gasteiger charge is 2.58. The van der Waals surface area contributed by atoms with Gasteiger partial charge in [-0.25, -0.2) is 4.79 Å². The first-order valence-electron chi connectivity index (χ1n) is 8.50. The average Bonchev–Trinajstić information content (AvgIpc) is 2.92. The van der Waals surface area contributed by atoms with Gasteiger partial charge in [-0.1, -0.05) is 42.5 Å². The fraction of sp³-hybridized carbons (Fsp3) is 0.200. The van der Waals surface area contributed by atoms with E-state index < -0.39 is 41.8 Å². The van der Waals surface area contributed by atoms with Crippen LogP contribution >= 0.6 is 0 Å². The number of carbonyl (C=O) groups is 4. The van der Waals surface area contributed by atoms with Gasteiger partial charge in [-0.15, -0.1) is 0 Å². The summed E-state index contributed by atoms with van der Waals surface area (Å²) < 4.78 is 0. The Morgan fingerprint density at radius 1 is 0.889 bits per heavy atom. The number of hydrogen-bond donors (Lipinski definition) is 1. The topological polar surface area (TPSA) is 95.0 Å². The first-order valence-corrected chi connectivity index (χ1v) is 8.50. The molecule has 2 aliphatic heterocycles. The Morgan fingerprint density at radius 3 is 1.93 bits per heavy atom. The standard InChI is InChI=1S/C20H16N2O5/c1-11(20(26)27)21-15(12-7-3-2-4-8-12)16(19(21)25)22-17(23)13-9-5-6-10-14(13)18(22)24/h2-11,15-16H,1H3,(H,26,27)/t11-,15-,16+/m0/s1. The van der Waals surface area contributed by atoms with Gasteiger partial charge in [0.15, 0.2) is 0 Å². The van der Waals surface area contributed by atoms with E-state index in [9.17, 15) is 24.3 Å². The predicted octanol–water partition coefficient (Wildman–Crippen LogP) is 1.71. The number of hydrogen-bond acceptors (Lipinski definition) is 4. The third-order valence-corrected chi connectivity index (χ3v) is 5.13. The lowest BCUT2D eigenvalue weighted by atomic mass is 9.85. The minimum absolute atomic E-state index is 0.256. The van der Waals surface area contributed by atoms with Crippen LogP contribution in [0.1, 0.15) is 39.2 Å². The van der Waals surface area contributed by atoms with Crippen LogP contribution in [0.4, 0.5) is 0 Å². The number of β-lactam (4-membered cyclic amide) rings is 1. The molecule has 3 atom stereocenters. The van der Waals surface area contributed by atoms with Gasteiger partial charge in [0.25, 0.3) is 11.8 Å². The van der Waals surface area contributed by atoms with Crippen LogP contribution in [-0.2, 0) is 9.59 Å². The number of carboxylic acids is 1. The maximum Gasteiger partial charge on any atom is 0.326 e. The molecule has 1 fully saturated rings. The number of likely N-dealkylation sites (tertiary alicyclic amines) is 1. The van der Waals surface area contributed by atoms with E-state index in [1.165, 1.54) is 11.8 Å². The van der Waals surface area contributed by atoms with Crippen molar-refractivity contribution in [2.24, 2.45) is 0 Å². The monoisotopic (exact) mass is 364 g/mol. The Bertz CT molecular complexity index is 936. The van der Waals surface area contributed by atoms with Crippen LogP contribution in [0.15, 0.2) is 54.6 Å². The lowest BCUT2D eigenvalue weighted by Gasteiger charge is -2.51. The number of carboxylic acid groups (broad SMARTS) is 1. The van der Waals surface area contributed by atoms with E-state index in [0.717, 1.165) is 4.90 Å². The van der Waals surface area contributed by atoms with Gasteiger partial charge in [-0.05, 0) is 24.6 Å². The SMILES string of the molecule is C[C@@H](C(=O)O)N1C(=O)[C@H](N2C(=O)c3ccccc3C2=O)[C@@H]1c1ccccc1. The van der Waals surface area contributed by atoms with E-state index >= 15 is 0 Å². The number of fused-ring (bicyclic) bond motifs is 1. The highest BCUT2D eigenvalue weighted by molar-refractivity contribution is 6.23. The van der Waals surface area contributed by atoms with Gasteiger partial charge in [-0.3, -0.25) is 19.3 Å². The zero-order chi connectivity index (χ0) is 19.3. The van der Waals surface area contributed by atoms with Gasteiger partial charge in [0, 0.05) is 0 Å². The first kappa shape index (κ1) is 17.0. The Kier molecular flexibility index (Phi) is 3.80. The number of aliphatic carboxylic acids is 1. The molecular formula is C20H16N2O5. The zero-order valence-electron chi connectivity index (χ0n) is 14.4. The number of rotatable bonds is 4. The summed E-state index contributed by atoms with van der Waals surface area (Å²) in [6, 6.07) is 12.4. The molecule has 0 unspecified atom stereocenters. The molecule has 0 saturated carbocycles. The molecule has 2 aliphatic rings. The number of nitrogens with zero attached hydrogens (tertiary/aromatic N) is 2. The summed E-state index contributed by atoms with van der Waals surface area (Å²) >= 11 is 0. The van der Waals surface area contributed by atoms with Gasteiger partial charge in [0.05, 0.1) is 17.2 Å². The maximum absolute atomic E-state index is 12.8. The van der Waals surface area contributed by atoms with Gasteiger partial charge in [0.2, 0.25) is 5.91 Å². The fourth-order valence-corrected chi connectivity index (χ4v) is 3.75. The number of benzene rings is 2. The fourth-order valence-electron chi connectivity index (χ4n) is 3.75. The van der Waals surface area contributed by atoms with Crippen molar-refractivity contribution in [3.8, 4) is 0 Å². The predicted molar refractivity (Wildman–Crippen MR) is 93.9 cm³/mol. The van der Waals surface area contributed by atoms with Crippen LogP contribution in [0.3, 0.4) is 0 Å². The lowest BCUT2D eigenvalue weighted by molar-refractivity contribution is -0.168. The van der Waals surface area contributed by atoms with Crippen molar-refractivity contribution in [1.29, 1.82) is 0 Å². The Morgan fingerprint density at radius 2 is 1.41 bits per heavy atom. The summed E-state index contributed by atoms with van der Waals surface area (Å²) in [5, 5.41) is 9.36. The van der Waals surface area contributed by atoms with Crippen LogP contribution in [0, 0.1) is 0 Å². The summed E-state index contributed by atoms with van der Waals surface area (Å²) in [7, 11) is 0. The van der Waals surface area contributed by atoms with Crippen LogP contribution in [0.5, 0.6) is 0 Å². The van der Waals surface area contributed by atoms with Gasteiger partial charge in [-0.2, -0.15) is 0 Å². The Balaban J connectivity index is 1.76. The molecule has 3 amide bonds. The molecule has 1 N–H and O–H groups in total. The van der Waals surface area contributed by atoms with E-state index in [0.29, 0.717) is 5.56 Å². The molecule has 0 aliphatic carbocycles. The third-order valence-electron chi connectivity index (χ3n) is 5.13. The molecule has 2 aromatic carbocycles. The van der Waals surface area contributed by atoms with Crippen molar-refractivity contribution in [1.82, 2.24) is 9.80 Å². The van der Waals surface area contributed by atoms with Crippen molar-refractivity contribution in [3.63, 3.8) is 0 Å². The second-order valence-corrected chi connectivity index (χ2v) is 6.59. The summed E-state index contributed by atoms with van der Waals surface area (Å²) in [4.78, 5) is 52.1. The van der Waals surface area contributed by atoms with Crippen molar-refractivity contribution in [3.05, 3.63) is 71.3 Å². The molecule has 1 saturated heterocycles. The first-order chi connectivity index (χ1) is 12.9.